The van der Waals surface area contributed by atoms with Crippen LogP contribution in [0.2, 0.25) is 0 Å². The first-order valence-corrected chi connectivity index (χ1v) is 12.2. The highest BCUT2D eigenvalue weighted by atomic mass is 79.9. The van der Waals surface area contributed by atoms with E-state index < -0.39 is 21.8 Å². The van der Waals surface area contributed by atoms with Crippen LogP contribution in [0.25, 0.3) is 6.08 Å². The second kappa shape index (κ2) is 9.74. The van der Waals surface area contributed by atoms with Crippen LogP contribution >= 0.6 is 28.1 Å². The summed E-state index contributed by atoms with van der Waals surface area (Å²) in [6.45, 7) is -0.0636. The van der Waals surface area contributed by atoms with Crippen LogP contribution in [0.3, 0.4) is 0 Å². The SMILES string of the molecule is CS(=O)(=O)N(CCC#N)Cc1ccc(C=C2C(=O)NC(=S)N(c3ccc(Br)cc3)C2=O)o1. The molecule has 1 aromatic heterocycles. The summed E-state index contributed by atoms with van der Waals surface area (Å²) in [7, 11) is -3.55. The van der Waals surface area contributed by atoms with E-state index in [1.54, 1.807) is 30.3 Å². The van der Waals surface area contributed by atoms with Crippen molar-refractivity contribution in [1.29, 1.82) is 5.26 Å². The number of halogens is 1. The normalized spacial score (nSPS) is 15.9. The molecule has 9 nitrogen and oxygen atoms in total. The number of benzene rings is 1. The van der Waals surface area contributed by atoms with Gasteiger partial charge in [0.25, 0.3) is 11.8 Å². The number of nitrogens with zero attached hydrogens (tertiary/aromatic N) is 3. The van der Waals surface area contributed by atoms with Gasteiger partial charge in [-0.1, -0.05) is 15.9 Å². The quantitative estimate of drug-likeness (QED) is 0.327. The molecule has 0 saturated carbocycles. The Hall–Kier alpha value is -2.85. The van der Waals surface area contributed by atoms with Crippen molar-refractivity contribution in [3.05, 3.63) is 58.0 Å². The van der Waals surface area contributed by atoms with Crippen molar-refractivity contribution < 1.29 is 22.4 Å². The van der Waals surface area contributed by atoms with Crippen LogP contribution in [-0.2, 0) is 26.2 Å². The minimum Gasteiger partial charge on any atom is -0.460 e. The fourth-order valence-electron chi connectivity index (χ4n) is 2.89. The number of hydrogen-bond donors (Lipinski definition) is 1. The molecule has 0 spiro atoms. The van der Waals surface area contributed by atoms with E-state index in [1.807, 2.05) is 6.07 Å². The second-order valence-corrected chi connectivity index (χ2v) is 10.0. The van der Waals surface area contributed by atoms with Crippen molar-refractivity contribution in [3.63, 3.8) is 0 Å². The Morgan fingerprint density at radius 2 is 1.94 bits per heavy atom. The highest BCUT2D eigenvalue weighted by molar-refractivity contribution is 9.10. The summed E-state index contributed by atoms with van der Waals surface area (Å²) in [5.74, 6) is -0.802. The zero-order valence-corrected chi connectivity index (χ0v) is 20.0. The number of rotatable bonds is 7. The summed E-state index contributed by atoms with van der Waals surface area (Å²) in [5, 5.41) is 11.2. The van der Waals surface area contributed by atoms with Gasteiger partial charge < -0.3 is 4.42 Å². The third-order valence-corrected chi connectivity index (χ3v) is 6.49. The minimum absolute atomic E-state index is 0.0208. The van der Waals surface area contributed by atoms with E-state index in [4.69, 9.17) is 21.9 Å². The molecule has 0 unspecified atom stereocenters. The van der Waals surface area contributed by atoms with Gasteiger partial charge in [-0.25, -0.2) is 8.42 Å². The summed E-state index contributed by atoms with van der Waals surface area (Å²) >= 11 is 8.48. The number of thiocarbonyl (C=S) groups is 1. The molecule has 0 radical (unpaired) electrons. The highest BCUT2D eigenvalue weighted by Gasteiger charge is 2.34. The maximum absolute atomic E-state index is 13.0. The molecule has 0 bridgehead atoms. The van der Waals surface area contributed by atoms with Crippen LogP contribution < -0.4 is 10.2 Å². The molecule has 32 heavy (non-hydrogen) atoms. The van der Waals surface area contributed by atoms with Crippen LogP contribution in [0.5, 0.6) is 0 Å². The first-order chi connectivity index (χ1) is 15.1. The average Bonchev–Trinajstić information content (AvgIpc) is 3.16. The second-order valence-electron chi connectivity index (χ2n) is 6.74. The van der Waals surface area contributed by atoms with E-state index in [0.717, 1.165) is 15.0 Å². The van der Waals surface area contributed by atoms with E-state index in [1.165, 1.54) is 17.0 Å². The lowest BCUT2D eigenvalue weighted by Gasteiger charge is -2.28. The Labute approximate surface area is 198 Å². The van der Waals surface area contributed by atoms with Gasteiger partial charge >= 0.3 is 0 Å². The molecule has 166 valence electrons. The molecule has 1 aliphatic heterocycles. The molecular weight excluding hydrogens is 520 g/mol. The summed E-state index contributed by atoms with van der Waals surface area (Å²) < 4.78 is 31.4. The largest absolute Gasteiger partial charge is 0.460 e. The van der Waals surface area contributed by atoms with Crippen molar-refractivity contribution in [1.82, 2.24) is 9.62 Å². The van der Waals surface area contributed by atoms with E-state index in [2.05, 4.69) is 21.2 Å². The molecular formula is C20H17BrN4O5S2. The fourth-order valence-corrected chi connectivity index (χ4v) is 4.22. The molecule has 3 rings (SSSR count). The van der Waals surface area contributed by atoms with Crippen molar-refractivity contribution in [2.75, 3.05) is 17.7 Å². The molecule has 2 heterocycles. The Balaban J connectivity index is 1.86. The molecule has 0 aliphatic carbocycles. The number of carbonyl (C=O) groups is 2. The molecule has 1 N–H and O–H groups in total. The molecule has 1 saturated heterocycles. The number of nitriles is 1. The minimum atomic E-state index is -3.55. The van der Waals surface area contributed by atoms with Crippen LogP contribution in [0.4, 0.5) is 5.69 Å². The molecule has 2 amide bonds. The Morgan fingerprint density at radius 3 is 2.56 bits per heavy atom. The van der Waals surface area contributed by atoms with Crippen molar-refractivity contribution in [2.24, 2.45) is 0 Å². The lowest BCUT2D eigenvalue weighted by molar-refractivity contribution is -0.122. The van der Waals surface area contributed by atoms with Gasteiger partial charge in [-0.2, -0.15) is 9.57 Å². The van der Waals surface area contributed by atoms with Gasteiger partial charge in [0.15, 0.2) is 5.11 Å². The van der Waals surface area contributed by atoms with Gasteiger partial charge in [-0.05, 0) is 54.7 Å². The zero-order chi connectivity index (χ0) is 23.5. The Morgan fingerprint density at radius 1 is 1.25 bits per heavy atom. The highest BCUT2D eigenvalue weighted by Crippen LogP contribution is 2.24. The third-order valence-electron chi connectivity index (χ3n) is 4.43. The molecule has 0 atom stereocenters. The van der Waals surface area contributed by atoms with Gasteiger partial charge in [0.2, 0.25) is 10.0 Å². The van der Waals surface area contributed by atoms with Crippen molar-refractivity contribution in [3.8, 4) is 6.07 Å². The van der Waals surface area contributed by atoms with Gasteiger partial charge in [-0.3, -0.25) is 19.8 Å². The Kier molecular flexibility index (Phi) is 7.25. The average molecular weight is 537 g/mol. The van der Waals surface area contributed by atoms with Gasteiger partial charge in [0.1, 0.15) is 17.1 Å². The smallest absolute Gasteiger partial charge is 0.270 e. The van der Waals surface area contributed by atoms with Gasteiger partial charge in [0, 0.05) is 17.4 Å². The first kappa shape index (κ1) is 23.8. The van der Waals surface area contributed by atoms with Crippen LogP contribution in [0.15, 0.2) is 50.9 Å². The van der Waals surface area contributed by atoms with E-state index >= 15 is 0 Å². The molecule has 2 aromatic rings. The Bertz CT molecular complexity index is 1250. The predicted molar refractivity (Wildman–Crippen MR) is 125 cm³/mol. The van der Waals surface area contributed by atoms with Crippen molar-refractivity contribution >= 4 is 66.9 Å². The summed E-state index contributed by atoms with van der Waals surface area (Å²) in [5.41, 5.74) is 0.294. The summed E-state index contributed by atoms with van der Waals surface area (Å²) in [6, 6.07) is 11.8. The summed E-state index contributed by atoms with van der Waals surface area (Å²) in [4.78, 5) is 26.6. The van der Waals surface area contributed by atoms with Gasteiger partial charge in [-0.15, -0.1) is 0 Å². The van der Waals surface area contributed by atoms with Crippen LogP contribution in [0.1, 0.15) is 17.9 Å². The lowest BCUT2D eigenvalue weighted by atomic mass is 10.1. The topological polar surface area (TPSA) is 124 Å². The number of hydrogen-bond acceptors (Lipinski definition) is 7. The number of anilines is 1. The lowest BCUT2D eigenvalue weighted by Crippen LogP contribution is -2.54. The molecule has 1 aliphatic rings. The van der Waals surface area contributed by atoms with Crippen molar-refractivity contribution in [2.45, 2.75) is 13.0 Å². The number of sulfonamides is 1. The number of carbonyl (C=O) groups excluding carboxylic acids is 2. The monoisotopic (exact) mass is 536 g/mol. The zero-order valence-electron chi connectivity index (χ0n) is 16.7. The maximum atomic E-state index is 13.0. The number of amides is 2. The standard InChI is InChI=1S/C20H17BrN4O5S2/c1-32(28,29)24(10-2-9-22)12-16-8-7-15(30-16)11-17-18(26)23-20(31)25(19(17)27)14-5-3-13(21)4-6-14/h3-8,11H,2,10,12H2,1H3,(H,23,26,31). The maximum Gasteiger partial charge on any atom is 0.270 e. The molecule has 12 heteroatoms. The molecule has 1 fully saturated rings. The van der Waals surface area contributed by atoms with Crippen LogP contribution in [-0.4, -0.2) is 42.5 Å². The first-order valence-electron chi connectivity index (χ1n) is 9.18. The summed E-state index contributed by atoms with van der Waals surface area (Å²) in [6.07, 6.45) is 2.35. The number of furan rings is 1. The van der Waals surface area contributed by atoms with E-state index in [-0.39, 0.29) is 36.0 Å². The van der Waals surface area contributed by atoms with E-state index in [9.17, 15) is 18.0 Å². The van der Waals surface area contributed by atoms with E-state index in [0.29, 0.717) is 11.4 Å². The third kappa shape index (κ3) is 5.49. The number of nitrogens with one attached hydrogen (secondary N) is 1. The fraction of sp³-hybridized carbons (Fsp3) is 0.200. The van der Waals surface area contributed by atoms with Crippen LogP contribution in [0, 0.1) is 11.3 Å². The predicted octanol–water partition coefficient (Wildman–Crippen LogP) is 2.55. The van der Waals surface area contributed by atoms with Gasteiger partial charge in [0.05, 0.1) is 24.6 Å². The molecule has 1 aromatic carbocycles.